The lowest BCUT2D eigenvalue weighted by Gasteiger charge is -2.28. The molecule has 0 bridgehead atoms. The molecule has 26 heavy (non-hydrogen) atoms. The number of anilines is 1. The first kappa shape index (κ1) is 16.2. The molecule has 1 aromatic carbocycles. The van der Waals surface area contributed by atoms with Crippen LogP contribution in [0.1, 0.15) is 43.1 Å². The highest BCUT2D eigenvalue weighted by atomic mass is 32.2. The zero-order valence-corrected chi connectivity index (χ0v) is 15.9. The normalized spacial score (nSPS) is 27.7. The maximum Gasteiger partial charge on any atom is 0.160 e. The fraction of sp³-hybridized carbons (Fsp3) is 0.429. The summed E-state index contributed by atoms with van der Waals surface area (Å²) in [7, 11) is 0. The highest BCUT2D eigenvalue weighted by molar-refractivity contribution is 8.14. The fourth-order valence-electron chi connectivity index (χ4n) is 4.34. The van der Waals surface area contributed by atoms with Gasteiger partial charge in [0.25, 0.3) is 0 Å². The highest BCUT2D eigenvalue weighted by Crippen LogP contribution is 2.47. The quantitative estimate of drug-likeness (QED) is 0.814. The highest BCUT2D eigenvalue weighted by Gasteiger charge is 2.43. The third-order valence-corrected chi connectivity index (χ3v) is 6.69. The molecule has 1 aromatic heterocycles. The van der Waals surface area contributed by atoms with Crippen molar-refractivity contribution in [1.82, 2.24) is 9.88 Å². The molecule has 0 radical (unpaired) electrons. The summed E-state index contributed by atoms with van der Waals surface area (Å²) < 4.78 is 0. The van der Waals surface area contributed by atoms with E-state index in [0.717, 1.165) is 12.2 Å². The first-order valence-electron chi connectivity index (χ1n) is 9.56. The van der Waals surface area contributed by atoms with E-state index >= 15 is 0 Å². The lowest BCUT2D eigenvalue weighted by molar-refractivity contribution is 0.321. The van der Waals surface area contributed by atoms with Crippen LogP contribution in [0.4, 0.5) is 5.69 Å². The molecule has 0 N–H and O–H groups in total. The van der Waals surface area contributed by atoms with E-state index in [-0.39, 0.29) is 12.1 Å². The van der Waals surface area contributed by atoms with Crippen molar-refractivity contribution in [3.8, 4) is 0 Å². The molecule has 0 amide bonds. The number of pyridine rings is 1. The third kappa shape index (κ3) is 2.78. The monoisotopic (exact) mass is 364 g/mol. The minimum absolute atomic E-state index is 0.0869. The fourth-order valence-corrected chi connectivity index (χ4v) is 5.43. The third-order valence-electron chi connectivity index (χ3n) is 5.59. The van der Waals surface area contributed by atoms with Gasteiger partial charge < -0.3 is 9.80 Å². The van der Waals surface area contributed by atoms with Gasteiger partial charge in [-0.2, -0.15) is 0 Å². The van der Waals surface area contributed by atoms with Gasteiger partial charge in [-0.05, 0) is 42.7 Å². The van der Waals surface area contributed by atoms with Crippen molar-refractivity contribution in [3.63, 3.8) is 0 Å². The average Bonchev–Trinajstić information content (AvgIpc) is 3.38. The van der Waals surface area contributed by atoms with Gasteiger partial charge in [-0.15, -0.1) is 0 Å². The van der Waals surface area contributed by atoms with Gasteiger partial charge in [0, 0.05) is 36.8 Å². The van der Waals surface area contributed by atoms with Crippen LogP contribution in [0.25, 0.3) is 0 Å². The number of rotatable bonds is 3. The Morgan fingerprint density at radius 2 is 1.85 bits per heavy atom. The van der Waals surface area contributed by atoms with E-state index < -0.39 is 0 Å². The zero-order chi connectivity index (χ0) is 17.5. The van der Waals surface area contributed by atoms with Crippen molar-refractivity contribution in [1.29, 1.82) is 0 Å². The van der Waals surface area contributed by atoms with Gasteiger partial charge in [0.05, 0.1) is 11.7 Å². The van der Waals surface area contributed by atoms with Crippen LogP contribution < -0.4 is 4.90 Å². The molecule has 2 fully saturated rings. The second kappa shape index (κ2) is 6.62. The van der Waals surface area contributed by atoms with E-state index in [1.807, 2.05) is 24.0 Å². The SMILES string of the molecule is C[C@@H]1CN2C(=N[C@@H](c3ccccn3)[C@@H]2c2ccc(N3CCCC3)cc2)S1. The largest absolute Gasteiger partial charge is 0.372 e. The Kier molecular flexibility index (Phi) is 4.12. The molecule has 0 spiro atoms. The molecule has 4 nitrogen and oxygen atoms in total. The second-order valence-electron chi connectivity index (χ2n) is 7.42. The number of fused-ring (bicyclic) bond motifs is 1. The summed E-state index contributed by atoms with van der Waals surface area (Å²) in [6.07, 6.45) is 4.50. The van der Waals surface area contributed by atoms with Crippen LogP contribution in [0.2, 0.25) is 0 Å². The predicted octanol–water partition coefficient (Wildman–Crippen LogP) is 4.27. The Morgan fingerprint density at radius 3 is 2.58 bits per heavy atom. The van der Waals surface area contributed by atoms with E-state index in [2.05, 4.69) is 58.1 Å². The molecule has 3 aliphatic heterocycles. The van der Waals surface area contributed by atoms with Crippen molar-refractivity contribution in [2.75, 3.05) is 24.5 Å². The lowest BCUT2D eigenvalue weighted by atomic mass is 9.96. The molecule has 2 aromatic rings. The van der Waals surface area contributed by atoms with Gasteiger partial charge in [0.2, 0.25) is 0 Å². The van der Waals surface area contributed by atoms with Crippen molar-refractivity contribution < 1.29 is 0 Å². The maximum absolute atomic E-state index is 5.06. The lowest BCUT2D eigenvalue weighted by Crippen LogP contribution is -2.28. The Balaban J connectivity index is 1.48. The topological polar surface area (TPSA) is 31.7 Å². The molecule has 3 atom stereocenters. The molecule has 0 unspecified atom stereocenters. The second-order valence-corrected chi connectivity index (χ2v) is 8.83. The Bertz CT molecular complexity index is 799. The van der Waals surface area contributed by atoms with Crippen LogP contribution in [0.15, 0.2) is 53.7 Å². The number of amidine groups is 1. The maximum atomic E-state index is 5.06. The number of aromatic nitrogens is 1. The molecule has 0 aliphatic carbocycles. The summed E-state index contributed by atoms with van der Waals surface area (Å²) in [6, 6.07) is 15.7. The number of hydrogen-bond donors (Lipinski definition) is 0. The number of thioether (sulfide) groups is 1. The van der Waals surface area contributed by atoms with Gasteiger partial charge in [0.15, 0.2) is 5.17 Å². The first-order valence-corrected chi connectivity index (χ1v) is 10.4. The van der Waals surface area contributed by atoms with Crippen molar-refractivity contribution in [2.24, 2.45) is 4.99 Å². The van der Waals surface area contributed by atoms with E-state index in [4.69, 9.17) is 4.99 Å². The molecular formula is C21H24N4S. The molecule has 5 rings (SSSR count). The first-order chi connectivity index (χ1) is 12.8. The Morgan fingerprint density at radius 1 is 1.04 bits per heavy atom. The molecular weight excluding hydrogens is 340 g/mol. The molecule has 2 saturated heterocycles. The summed E-state index contributed by atoms with van der Waals surface area (Å²) in [5, 5.41) is 1.78. The van der Waals surface area contributed by atoms with Crippen molar-refractivity contribution in [3.05, 3.63) is 59.9 Å². The van der Waals surface area contributed by atoms with Gasteiger partial charge in [0.1, 0.15) is 6.04 Å². The Labute approximate surface area is 159 Å². The summed E-state index contributed by atoms with van der Waals surface area (Å²) >= 11 is 1.90. The molecule has 5 heteroatoms. The smallest absolute Gasteiger partial charge is 0.160 e. The van der Waals surface area contributed by atoms with E-state index in [1.54, 1.807) is 0 Å². The van der Waals surface area contributed by atoms with Gasteiger partial charge >= 0.3 is 0 Å². The van der Waals surface area contributed by atoms with Crippen LogP contribution in [0, 0.1) is 0 Å². The van der Waals surface area contributed by atoms with Crippen LogP contribution in [-0.4, -0.2) is 39.9 Å². The van der Waals surface area contributed by atoms with E-state index in [1.165, 1.54) is 42.3 Å². The molecule has 4 heterocycles. The minimum Gasteiger partial charge on any atom is -0.372 e. The molecule has 134 valence electrons. The number of hydrogen-bond acceptors (Lipinski definition) is 5. The summed E-state index contributed by atoms with van der Waals surface area (Å²) in [5.74, 6) is 0. The van der Waals surface area contributed by atoms with Gasteiger partial charge in [-0.3, -0.25) is 9.98 Å². The van der Waals surface area contributed by atoms with Crippen molar-refractivity contribution >= 4 is 22.6 Å². The minimum atomic E-state index is 0.0869. The van der Waals surface area contributed by atoms with Crippen LogP contribution >= 0.6 is 11.8 Å². The zero-order valence-electron chi connectivity index (χ0n) is 15.1. The summed E-state index contributed by atoms with van der Waals surface area (Å²) in [6.45, 7) is 5.72. The van der Waals surface area contributed by atoms with E-state index in [9.17, 15) is 0 Å². The molecule has 3 aliphatic rings. The number of nitrogens with zero attached hydrogens (tertiary/aromatic N) is 4. The van der Waals surface area contributed by atoms with Crippen LogP contribution in [0.5, 0.6) is 0 Å². The Hall–Kier alpha value is -2.01. The summed E-state index contributed by atoms with van der Waals surface area (Å²) in [5.41, 5.74) is 3.76. The van der Waals surface area contributed by atoms with Crippen molar-refractivity contribution in [2.45, 2.75) is 37.1 Å². The van der Waals surface area contributed by atoms with Crippen LogP contribution in [0.3, 0.4) is 0 Å². The average molecular weight is 365 g/mol. The predicted molar refractivity (Wildman–Crippen MR) is 109 cm³/mol. The standard InChI is InChI=1S/C21H24N4S/c1-15-14-25-20(16-7-9-17(10-8-16)24-12-4-5-13-24)19(23-21(25)26-15)18-6-2-3-11-22-18/h2-3,6-11,15,19-20H,4-5,12-14H2,1H3/t15-,19+,20+/m1/s1. The van der Waals surface area contributed by atoms with Gasteiger partial charge in [-0.25, -0.2) is 0 Å². The molecule has 0 saturated carbocycles. The summed E-state index contributed by atoms with van der Waals surface area (Å²) in [4.78, 5) is 14.6. The number of aliphatic imine (C=N–C) groups is 1. The van der Waals surface area contributed by atoms with Crippen LogP contribution in [-0.2, 0) is 0 Å². The van der Waals surface area contributed by atoms with Gasteiger partial charge in [-0.1, -0.05) is 36.9 Å². The van der Waals surface area contributed by atoms with E-state index in [0.29, 0.717) is 5.25 Å². The number of benzene rings is 1.